The highest BCUT2D eigenvalue weighted by atomic mass is 79.9. The third-order valence-electron chi connectivity index (χ3n) is 2.44. The number of hydrogen-bond donors (Lipinski definition) is 0. The molecule has 0 saturated heterocycles. The predicted molar refractivity (Wildman–Crippen MR) is 75.7 cm³/mol. The summed E-state index contributed by atoms with van der Waals surface area (Å²) in [5.41, 5.74) is 1.82. The number of thiophene rings is 1. The van der Waals surface area contributed by atoms with Gasteiger partial charge in [0.1, 0.15) is 0 Å². The van der Waals surface area contributed by atoms with Crippen molar-refractivity contribution in [3.05, 3.63) is 36.7 Å². The van der Waals surface area contributed by atoms with Crippen LogP contribution in [0.15, 0.2) is 20.4 Å². The van der Waals surface area contributed by atoms with E-state index in [9.17, 15) is 4.79 Å². The SMILES string of the molecule is Cc1nn(C)c(CC(=O)c2ccc(Br)s2)c1Br. The molecule has 90 valence electrons. The summed E-state index contributed by atoms with van der Waals surface area (Å²) in [6, 6.07) is 3.73. The fourth-order valence-electron chi connectivity index (χ4n) is 1.58. The van der Waals surface area contributed by atoms with Crippen LogP contribution < -0.4 is 0 Å². The van der Waals surface area contributed by atoms with Crippen LogP contribution in [0.5, 0.6) is 0 Å². The van der Waals surface area contributed by atoms with Crippen LogP contribution in [0.2, 0.25) is 0 Å². The van der Waals surface area contributed by atoms with Crippen LogP contribution in [-0.2, 0) is 13.5 Å². The van der Waals surface area contributed by atoms with Gasteiger partial charge in [-0.2, -0.15) is 5.10 Å². The van der Waals surface area contributed by atoms with Crippen molar-refractivity contribution in [3.8, 4) is 0 Å². The number of carbonyl (C=O) groups is 1. The van der Waals surface area contributed by atoms with E-state index in [2.05, 4.69) is 37.0 Å². The number of nitrogens with zero attached hydrogens (tertiary/aromatic N) is 2. The van der Waals surface area contributed by atoms with E-state index >= 15 is 0 Å². The quantitative estimate of drug-likeness (QED) is 0.763. The molecule has 0 aliphatic rings. The van der Waals surface area contributed by atoms with E-state index in [0.717, 1.165) is 24.5 Å². The first-order chi connectivity index (χ1) is 7.99. The van der Waals surface area contributed by atoms with Gasteiger partial charge in [0, 0.05) is 7.05 Å². The normalized spacial score (nSPS) is 10.8. The second-order valence-electron chi connectivity index (χ2n) is 3.67. The summed E-state index contributed by atoms with van der Waals surface area (Å²) in [4.78, 5) is 12.8. The number of halogens is 2. The molecule has 0 aliphatic carbocycles. The lowest BCUT2D eigenvalue weighted by atomic mass is 10.2. The summed E-state index contributed by atoms with van der Waals surface area (Å²) in [5.74, 6) is 0.115. The van der Waals surface area contributed by atoms with E-state index < -0.39 is 0 Å². The van der Waals surface area contributed by atoms with Crippen LogP contribution in [0, 0.1) is 6.92 Å². The maximum Gasteiger partial charge on any atom is 0.178 e. The Morgan fingerprint density at radius 3 is 2.65 bits per heavy atom. The molecule has 0 radical (unpaired) electrons. The van der Waals surface area contributed by atoms with Crippen molar-refractivity contribution >= 4 is 49.0 Å². The standard InChI is InChI=1S/C11H10Br2N2OS/c1-6-11(13)7(15(2)14-6)5-8(16)9-3-4-10(12)17-9/h3-4H,5H2,1-2H3. The highest BCUT2D eigenvalue weighted by molar-refractivity contribution is 9.11. The van der Waals surface area contributed by atoms with Crippen LogP contribution in [0.4, 0.5) is 0 Å². The first-order valence-corrected chi connectivity index (χ1v) is 7.36. The van der Waals surface area contributed by atoms with E-state index in [1.54, 1.807) is 4.68 Å². The third kappa shape index (κ3) is 2.69. The minimum Gasteiger partial charge on any atom is -0.293 e. The second kappa shape index (κ2) is 5.04. The average molecular weight is 378 g/mol. The molecule has 6 heteroatoms. The molecule has 0 unspecified atom stereocenters. The molecule has 0 aliphatic heterocycles. The molecule has 2 heterocycles. The lowest BCUT2D eigenvalue weighted by molar-refractivity contribution is 0.0994. The maximum atomic E-state index is 12.1. The summed E-state index contributed by atoms with van der Waals surface area (Å²) in [5, 5.41) is 4.27. The van der Waals surface area contributed by atoms with Gasteiger partial charge in [0.05, 0.1) is 30.9 Å². The number of carbonyl (C=O) groups excluding carboxylic acids is 1. The van der Waals surface area contributed by atoms with Crippen LogP contribution in [0.25, 0.3) is 0 Å². The zero-order valence-corrected chi connectivity index (χ0v) is 13.3. The van der Waals surface area contributed by atoms with E-state index in [4.69, 9.17) is 0 Å². The number of hydrogen-bond acceptors (Lipinski definition) is 3. The van der Waals surface area contributed by atoms with Gasteiger partial charge in [-0.1, -0.05) is 0 Å². The zero-order valence-electron chi connectivity index (χ0n) is 9.33. The van der Waals surface area contributed by atoms with Gasteiger partial charge >= 0.3 is 0 Å². The summed E-state index contributed by atoms with van der Waals surface area (Å²) in [6.45, 7) is 1.92. The van der Waals surface area contributed by atoms with Crippen LogP contribution in [-0.4, -0.2) is 15.6 Å². The Bertz CT molecular complexity index is 574. The molecular weight excluding hydrogens is 368 g/mol. The number of aryl methyl sites for hydroxylation is 2. The van der Waals surface area contributed by atoms with Crippen molar-refractivity contribution in [2.45, 2.75) is 13.3 Å². The van der Waals surface area contributed by atoms with Crippen LogP contribution >= 0.6 is 43.2 Å². The Hall–Kier alpha value is -0.460. The van der Waals surface area contributed by atoms with Gasteiger partial charge in [-0.3, -0.25) is 9.48 Å². The topological polar surface area (TPSA) is 34.9 Å². The van der Waals surface area contributed by atoms with Crippen molar-refractivity contribution in [2.75, 3.05) is 0 Å². The molecule has 0 saturated carbocycles. The molecule has 2 aromatic rings. The molecular formula is C11H10Br2N2OS. The number of Topliss-reactive ketones (excluding diaryl/α,β-unsaturated/α-hetero) is 1. The van der Waals surface area contributed by atoms with Gasteiger partial charge in [0.2, 0.25) is 0 Å². The summed E-state index contributed by atoms with van der Waals surface area (Å²) < 4.78 is 3.64. The Morgan fingerprint density at radius 2 is 2.18 bits per heavy atom. The van der Waals surface area contributed by atoms with E-state index in [0.29, 0.717) is 6.42 Å². The van der Waals surface area contributed by atoms with E-state index in [-0.39, 0.29) is 5.78 Å². The number of aromatic nitrogens is 2. The van der Waals surface area contributed by atoms with Crippen molar-refractivity contribution in [1.29, 1.82) is 0 Å². The molecule has 3 nitrogen and oxygen atoms in total. The molecule has 0 N–H and O–H groups in total. The van der Waals surface area contributed by atoms with Crippen molar-refractivity contribution < 1.29 is 4.79 Å². The predicted octanol–water partition coefficient (Wildman–Crippen LogP) is 3.74. The third-order valence-corrected chi connectivity index (χ3v) is 5.13. The minimum atomic E-state index is 0.115. The molecule has 2 rings (SSSR count). The molecule has 0 amide bonds. The molecule has 0 aromatic carbocycles. The molecule has 0 spiro atoms. The summed E-state index contributed by atoms with van der Waals surface area (Å²) in [7, 11) is 1.85. The molecule has 0 bridgehead atoms. The molecule has 0 atom stereocenters. The van der Waals surface area contributed by atoms with Gasteiger partial charge in [-0.05, 0) is 50.9 Å². The first kappa shape index (κ1) is 13.0. The molecule has 0 fully saturated rings. The maximum absolute atomic E-state index is 12.1. The fraction of sp³-hybridized carbons (Fsp3) is 0.273. The summed E-state index contributed by atoms with van der Waals surface area (Å²) in [6.07, 6.45) is 0.366. The van der Waals surface area contributed by atoms with Crippen molar-refractivity contribution in [1.82, 2.24) is 9.78 Å². The zero-order chi connectivity index (χ0) is 12.6. The highest BCUT2D eigenvalue weighted by Gasteiger charge is 2.16. The number of rotatable bonds is 3. The lowest BCUT2D eigenvalue weighted by Crippen LogP contribution is -2.07. The van der Waals surface area contributed by atoms with Gasteiger partial charge < -0.3 is 0 Å². The Balaban J connectivity index is 2.24. The lowest BCUT2D eigenvalue weighted by Gasteiger charge is -2.00. The van der Waals surface area contributed by atoms with Gasteiger partial charge in [-0.25, -0.2) is 0 Å². The van der Waals surface area contributed by atoms with E-state index in [1.165, 1.54) is 11.3 Å². The second-order valence-corrected chi connectivity index (χ2v) is 6.93. The molecule has 17 heavy (non-hydrogen) atoms. The van der Waals surface area contributed by atoms with Crippen molar-refractivity contribution in [2.24, 2.45) is 7.05 Å². The minimum absolute atomic E-state index is 0.115. The number of ketones is 1. The van der Waals surface area contributed by atoms with Gasteiger partial charge in [-0.15, -0.1) is 11.3 Å². The monoisotopic (exact) mass is 376 g/mol. The van der Waals surface area contributed by atoms with Crippen molar-refractivity contribution in [3.63, 3.8) is 0 Å². The average Bonchev–Trinajstić information content (AvgIpc) is 2.79. The van der Waals surface area contributed by atoms with Gasteiger partial charge in [0.15, 0.2) is 5.78 Å². The fourth-order valence-corrected chi connectivity index (χ4v) is 3.38. The van der Waals surface area contributed by atoms with Crippen LogP contribution in [0.3, 0.4) is 0 Å². The molecule has 2 aromatic heterocycles. The van der Waals surface area contributed by atoms with Crippen LogP contribution in [0.1, 0.15) is 21.1 Å². The Morgan fingerprint density at radius 1 is 1.47 bits per heavy atom. The van der Waals surface area contributed by atoms with E-state index in [1.807, 2.05) is 26.1 Å². The smallest absolute Gasteiger partial charge is 0.178 e. The Kier molecular flexibility index (Phi) is 3.85. The summed E-state index contributed by atoms with van der Waals surface area (Å²) >= 11 is 8.28. The van der Waals surface area contributed by atoms with Gasteiger partial charge in [0.25, 0.3) is 0 Å². The Labute approximate surface area is 120 Å². The highest BCUT2D eigenvalue weighted by Crippen LogP contribution is 2.26. The largest absolute Gasteiger partial charge is 0.293 e. The first-order valence-electron chi connectivity index (χ1n) is 4.95.